The molecule has 2 heterocycles. The zero-order chi connectivity index (χ0) is 14.9. The van der Waals surface area contributed by atoms with Gasteiger partial charge in [-0.2, -0.15) is 0 Å². The van der Waals surface area contributed by atoms with Gasteiger partial charge in [0.05, 0.1) is 22.8 Å². The minimum Gasteiger partial charge on any atom is -0.331 e. The number of hydrogen-bond donors (Lipinski definition) is 0. The van der Waals surface area contributed by atoms with Crippen LogP contribution < -0.4 is 0 Å². The normalized spacial score (nSPS) is 19.8. The molecule has 0 saturated heterocycles. The molecule has 0 N–H and O–H groups in total. The molecule has 4 nitrogen and oxygen atoms in total. The van der Waals surface area contributed by atoms with Crippen LogP contribution in [-0.4, -0.2) is 37.5 Å². The molecule has 0 amide bonds. The van der Waals surface area contributed by atoms with Crippen LogP contribution in [0.25, 0.3) is 0 Å². The summed E-state index contributed by atoms with van der Waals surface area (Å²) in [5.41, 5.74) is 2.66. The summed E-state index contributed by atoms with van der Waals surface area (Å²) in [7, 11) is -0.902. The van der Waals surface area contributed by atoms with Crippen molar-refractivity contribution in [3.8, 4) is 0 Å². The first-order chi connectivity index (χ1) is 10.8. The number of imidazole rings is 1. The average Bonchev–Trinajstić information content (AvgIpc) is 3.33. The van der Waals surface area contributed by atoms with E-state index in [-0.39, 0.29) is 0 Å². The van der Waals surface area contributed by atoms with E-state index in [4.69, 9.17) is 0 Å². The average molecular weight is 315 g/mol. The second kappa shape index (κ2) is 5.97. The van der Waals surface area contributed by atoms with Crippen molar-refractivity contribution < 1.29 is 4.21 Å². The minimum atomic E-state index is -0.902. The largest absolute Gasteiger partial charge is 0.331 e. The van der Waals surface area contributed by atoms with Crippen LogP contribution in [0.2, 0.25) is 0 Å². The Balaban J connectivity index is 1.36. The van der Waals surface area contributed by atoms with Crippen LogP contribution in [0.1, 0.15) is 30.3 Å². The topological polar surface area (TPSA) is 38.1 Å². The molecule has 1 unspecified atom stereocenters. The predicted octanol–water partition coefficient (Wildman–Crippen LogP) is 2.38. The molecular weight excluding hydrogens is 294 g/mol. The summed E-state index contributed by atoms with van der Waals surface area (Å²) in [6.45, 7) is 2.83. The summed E-state index contributed by atoms with van der Waals surface area (Å²) in [6.07, 6.45) is 5.71. The van der Waals surface area contributed by atoms with E-state index in [1.165, 1.54) is 24.2 Å². The number of fused-ring (bicyclic) bond motifs is 1. The maximum Gasteiger partial charge on any atom is 0.0954 e. The molecule has 1 aromatic heterocycles. The quantitative estimate of drug-likeness (QED) is 0.850. The number of rotatable bonds is 5. The van der Waals surface area contributed by atoms with Crippen molar-refractivity contribution in [2.45, 2.75) is 36.7 Å². The lowest BCUT2D eigenvalue weighted by Gasteiger charge is -2.26. The summed E-state index contributed by atoms with van der Waals surface area (Å²) < 4.78 is 14.7. The van der Waals surface area contributed by atoms with E-state index in [2.05, 4.69) is 14.5 Å². The molecule has 0 radical (unpaired) electrons. The van der Waals surface area contributed by atoms with Gasteiger partial charge in [-0.3, -0.25) is 9.11 Å². The first-order valence-electron chi connectivity index (χ1n) is 8.01. The van der Waals surface area contributed by atoms with Gasteiger partial charge in [-0.05, 0) is 25.0 Å². The maximum absolute atomic E-state index is 12.3. The fourth-order valence-electron chi connectivity index (χ4n) is 3.15. The lowest BCUT2D eigenvalue weighted by molar-refractivity contribution is 0.263. The lowest BCUT2D eigenvalue weighted by Crippen LogP contribution is -2.34. The highest BCUT2D eigenvalue weighted by molar-refractivity contribution is 7.85. The Morgan fingerprint density at radius 3 is 2.82 bits per heavy atom. The van der Waals surface area contributed by atoms with E-state index < -0.39 is 10.8 Å². The standard InChI is InChI=1S/C17H21N3OS/c21-22(15-4-2-1-3-5-15)11-10-19-9-8-17-16(12-19)18-13-20(17)14-6-7-14/h1-5,13-14H,6-12H2. The number of hydrogen-bond acceptors (Lipinski definition) is 3. The molecule has 1 saturated carbocycles. The molecule has 1 atom stereocenters. The van der Waals surface area contributed by atoms with Crippen LogP contribution in [0.5, 0.6) is 0 Å². The van der Waals surface area contributed by atoms with Gasteiger partial charge in [-0.25, -0.2) is 4.98 Å². The van der Waals surface area contributed by atoms with E-state index in [0.717, 1.165) is 31.0 Å². The van der Waals surface area contributed by atoms with Gasteiger partial charge in [-0.1, -0.05) is 18.2 Å². The highest BCUT2D eigenvalue weighted by Gasteiger charge is 2.29. The van der Waals surface area contributed by atoms with Gasteiger partial charge >= 0.3 is 0 Å². The molecular formula is C17H21N3OS. The summed E-state index contributed by atoms with van der Waals surface area (Å²) in [6, 6.07) is 10.5. The fourth-order valence-corrected chi connectivity index (χ4v) is 4.27. The second-order valence-electron chi connectivity index (χ2n) is 6.17. The highest BCUT2D eigenvalue weighted by atomic mass is 32.2. The van der Waals surface area contributed by atoms with Gasteiger partial charge in [-0.15, -0.1) is 0 Å². The van der Waals surface area contributed by atoms with Gasteiger partial charge < -0.3 is 4.57 Å². The van der Waals surface area contributed by atoms with Crippen LogP contribution in [-0.2, 0) is 23.8 Å². The Morgan fingerprint density at radius 2 is 2.05 bits per heavy atom. The monoisotopic (exact) mass is 315 g/mol. The molecule has 5 heteroatoms. The van der Waals surface area contributed by atoms with Crippen molar-refractivity contribution >= 4 is 10.8 Å². The van der Waals surface area contributed by atoms with Crippen molar-refractivity contribution in [2.75, 3.05) is 18.8 Å². The molecule has 4 rings (SSSR count). The van der Waals surface area contributed by atoms with E-state index in [1.807, 2.05) is 36.7 Å². The SMILES string of the molecule is O=S(CCN1CCc2c(ncn2C2CC2)C1)c1ccccc1. The zero-order valence-corrected chi connectivity index (χ0v) is 13.5. The van der Waals surface area contributed by atoms with Crippen molar-refractivity contribution in [1.29, 1.82) is 0 Å². The fraction of sp³-hybridized carbons (Fsp3) is 0.471. The van der Waals surface area contributed by atoms with Gasteiger partial charge in [0, 0.05) is 48.4 Å². The number of nitrogens with zero attached hydrogens (tertiary/aromatic N) is 3. The van der Waals surface area contributed by atoms with Gasteiger partial charge in [0.2, 0.25) is 0 Å². The smallest absolute Gasteiger partial charge is 0.0954 e. The third-order valence-corrected chi connectivity index (χ3v) is 5.91. The Morgan fingerprint density at radius 1 is 1.23 bits per heavy atom. The van der Waals surface area contributed by atoms with E-state index in [1.54, 1.807) is 0 Å². The summed E-state index contributed by atoms with van der Waals surface area (Å²) in [4.78, 5) is 7.91. The molecule has 2 aliphatic rings. The van der Waals surface area contributed by atoms with Crippen LogP contribution in [0.3, 0.4) is 0 Å². The molecule has 1 aromatic carbocycles. The minimum absolute atomic E-state index is 0.697. The van der Waals surface area contributed by atoms with Gasteiger partial charge in [0.1, 0.15) is 0 Å². The molecule has 2 aromatic rings. The first-order valence-corrected chi connectivity index (χ1v) is 9.33. The van der Waals surface area contributed by atoms with Crippen LogP contribution >= 0.6 is 0 Å². The zero-order valence-electron chi connectivity index (χ0n) is 12.6. The molecule has 0 bridgehead atoms. The summed E-state index contributed by atoms with van der Waals surface area (Å²) >= 11 is 0. The lowest BCUT2D eigenvalue weighted by atomic mass is 10.1. The van der Waals surface area contributed by atoms with E-state index in [9.17, 15) is 4.21 Å². The Labute approximate surface area is 133 Å². The Hall–Kier alpha value is -1.46. The third-order valence-electron chi connectivity index (χ3n) is 4.56. The van der Waals surface area contributed by atoms with Crippen LogP contribution in [0.4, 0.5) is 0 Å². The molecule has 1 aliphatic heterocycles. The number of aromatic nitrogens is 2. The van der Waals surface area contributed by atoms with E-state index >= 15 is 0 Å². The van der Waals surface area contributed by atoms with Crippen molar-refractivity contribution in [1.82, 2.24) is 14.5 Å². The molecule has 1 aliphatic carbocycles. The first kappa shape index (κ1) is 14.2. The Bertz CT molecular complexity index is 678. The maximum atomic E-state index is 12.3. The number of benzene rings is 1. The van der Waals surface area contributed by atoms with Crippen LogP contribution in [0.15, 0.2) is 41.6 Å². The molecule has 1 fully saturated rings. The van der Waals surface area contributed by atoms with Gasteiger partial charge in [0.15, 0.2) is 0 Å². The van der Waals surface area contributed by atoms with E-state index in [0.29, 0.717) is 11.8 Å². The van der Waals surface area contributed by atoms with Crippen molar-refractivity contribution in [2.24, 2.45) is 0 Å². The molecule has 22 heavy (non-hydrogen) atoms. The predicted molar refractivity (Wildman–Crippen MR) is 87.2 cm³/mol. The molecule has 116 valence electrons. The third kappa shape index (κ3) is 2.88. The van der Waals surface area contributed by atoms with Gasteiger partial charge in [0.25, 0.3) is 0 Å². The molecule has 0 spiro atoms. The van der Waals surface area contributed by atoms with Crippen molar-refractivity contribution in [3.05, 3.63) is 48.0 Å². The van der Waals surface area contributed by atoms with Crippen LogP contribution in [0, 0.1) is 0 Å². The highest BCUT2D eigenvalue weighted by Crippen LogP contribution is 2.37. The summed E-state index contributed by atoms with van der Waals surface area (Å²) in [5, 5.41) is 0. The summed E-state index contributed by atoms with van der Waals surface area (Å²) in [5.74, 6) is 0.697. The second-order valence-corrected chi connectivity index (χ2v) is 7.74. The Kier molecular flexibility index (Phi) is 3.84. The van der Waals surface area contributed by atoms with Crippen molar-refractivity contribution in [3.63, 3.8) is 0 Å².